The van der Waals surface area contributed by atoms with Gasteiger partial charge in [0.2, 0.25) is 0 Å². The van der Waals surface area contributed by atoms with Crippen molar-refractivity contribution in [2.24, 2.45) is 0 Å². The molecule has 6 nitrogen and oxygen atoms in total. The van der Waals surface area contributed by atoms with Crippen molar-refractivity contribution in [1.29, 1.82) is 0 Å². The Kier molecular flexibility index (Phi) is 7.07. The van der Waals surface area contributed by atoms with Crippen molar-refractivity contribution in [3.63, 3.8) is 0 Å². The molecule has 0 bridgehead atoms. The average Bonchev–Trinajstić information content (AvgIpc) is 2.61. The molecule has 1 aromatic heterocycles. The number of nitrogens with one attached hydrogen (secondary N) is 2. The Hall–Kier alpha value is -2.73. The molecule has 1 aromatic carbocycles. The van der Waals surface area contributed by atoms with Gasteiger partial charge in [0.25, 0.3) is 11.8 Å². The molecule has 0 radical (unpaired) electrons. The number of amides is 2. The van der Waals surface area contributed by atoms with E-state index in [-0.39, 0.29) is 11.8 Å². The zero-order valence-corrected chi connectivity index (χ0v) is 16.7. The number of hydrogen-bond donors (Lipinski definition) is 2. The molecule has 0 atom stereocenters. The van der Waals surface area contributed by atoms with Crippen LogP contribution in [-0.4, -0.2) is 48.9 Å². The molecule has 0 saturated carbocycles. The fourth-order valence-electron chi connectivity index (χ4n) is 2.95. The van der Waals surface area contributed by atoms with Gasteiger partial charge >= 0.3 is 0 Å². The van der Waals surface area contributed by atoms with Crippen LogP contribution < -0.4 is 10.6 Å². The van der Waals surface area contributed by atoms with Crippen molar-refractivity contribution in [3.8, 4) is 0 Å². The maximum Gasteiger partial charge on any atom is 0.257 e. The molecule has 27 heavy (non-hydrogen) atoms. The van der Waals surface area contributed by atoms with Crippen molar-refractivity contribution in [2.75, 3.05) is 32.5 Å². The highest BCUT2D eigenvalue weighted by molar-refractivity contribution is 6.06. The van der Waals surface area contributed by atoms with E-state index in [0.29, 0.717) is 17.7 Å². The lowest BCUT2D eigenvalue weighted by Gasteiger charge is -2.13. The second kappa shape index (κ2) is 9.28. The van der Waals surface area contributed by atoms with Crippen LogP contribution in [-0.2, 0) is 0 Å². The largest absolute Gasteiger partial charge is 0.352 e. The summed E-state index contributed by atoms with van der Waals surface area (Å²) in [6.45, 7) is 7.43. The number of carbonyl (C=O) groups excluding carboxylic acids is 2. The van der Waals surface area contributed by atoms with Crippen LogP contribution in [0.4, 0.5) is 5.69 Å². The molecule has 0 fully saturated rings. The minimum atomic E-state index is -0.278. The summed E-state index contributed by atoms with van der Waals surface area (Å²) in [5.41, 5.74) is 4.69. The number of hydrogen-bond acceptors (Lipinski definition) is 4. The first-order valence-electron chi connectivity index (χ1n) is 9.05. The van der Waals surface area contributed by atoms with Gasteiger partial charge in [0.15, 0.2) is 0 Å². The van der Waals surface area contributed by atoms with E-state index in [4.69, 9.17) is 0 Å². The standard InChI is InChI=1S/C21H28N4O2/c1-14-9-15(2)19(16(3)10-14)24-21(27)18-11-17(12-22-13-18)20(26)23-7-6-8-25(4)5/h9-13H,6-8H2,1-5H3,(H,23,26)(H,24,27). The third-order valence-electron chi connectivity index (χ3n) is 4.25. The molecule has 0 aliphatic rings. The zero-order chi connectivity index (χ0) is 20.0. The van der Waals surface area contributed by atoms with Crippen molar-refractivity contribution in [1.82, 2.24) is 15.2 Å². The Morgan fingerprint density at radius 2 is 1.56 bits per heavy atom. The van der Waals surface area contributed by atoms with Gasteiger partial charge in [-0.2, -0.15) is 0 Å². The molecule has 144 valence electrons. The summed E-state index contributed by atoms with van der Waals surface area (Å²) in [6.07, 6.45) is 3.80. The number of rotatable bonds is 7. The Morgan fingerprint density at radius 3 is 2.15 bits per heavy atom. The van der Waals surface area contributed by atoms with E-state index in [0.717, 1.165) is 35.3 Å². The predicted molar refractivity (Wildman–Crippen MR) is 108 cm³/mol. The summed E-state index contributed by atoms with van der Waals surface area (Å²) in [5.74, 6) is -0.501. The fourth-order valence-corrected chi connectivity index (χ4v) is 2.95. The monoisotopic (exact) mass is 368 g/mol. The maximum absolute atomic E-state index is 12.6. The van der Waals surface area contributed by atoms with Crippen molar-refractivity contribution >= 4 is 17.5 Å². The average molecular weight is 368 g/mol. The summed E-state index contributed by atoms with van der Waals surface area (Å²) in [4.78, 5) is 31.0. The third-order valence-corrected chi connectivity index (χ3v) is 4.25. The maximum atomic E-state index is 12.6. The van der Waals surface area contributed by atoms with Crippen LogP contribution in [0.5, 0.6) is 0 Å². The third kappa shape index (κ3) is 5.89. The second-order valence-corrected chi connectivity index (χ2v) is 7.10. The lowest BCUT2D eigenvalue weighted by atomic mass is 10.0. The lowest BCUT2D eigenvalue weighted by Crippen LogP contribution is -2.27. The van der Waals surface area contributed by atoms with E-state index in [2.05, 4.69) is 20.5 Å². The van der Waals surface area contributed by atoms with E-state index in [1.54, 1.807) is 6.07 Å². The number of anilines is 1. The van der Waals surface area contributed by atoms with Crippen LogP contribution in [0.1, 0.15) is 43.8 Å². The van der Waals surface area contributed by atoms with Gasteiger partial charge in [-0.15, -0.1) is 0 Å². The minimum Gasteiger partial charge on any atom is -0.352 e. The second-order valence-electron chi connectivity index (χ2n) is 7.10. The molecule has 2 aromatic rings. The summed E-state index contributed by atoms with van der Waals surface area (Å²) in [6, 6.07) is 5.62. The van der Waals surface area contributed by atoms with Crippen LogP contribution in [0, 0.1) is 20.8 Å². The van der Waals surface area contributed by atoms with Gasteiger partial charge in [-0.05, 0) is 65.0 Å². The van der Waals surface area contributed by atoms with Crippen molar-refractivity contribution in [2.45, 2.75) is 27.2 Å². The van der Waals surface area contributed by atoms with Gasteiger partial charge < -0.3 is 15.5 Å². The van der Waals surface area contributed by atoms with Crippen LogP contribution in [0.25, 0.3) is 0 Å². The molecule has 6 heteroatoms. The number of carbonyl (C=O) groups is 2. The Morgan fingerprint density at radius 1 is 0.963 bits per heavy atom. The van der Waals surface area contributed by atoms with Gasteiger partial charge in [-0.25, -0.2) is 0 Å². The molecular formula is C21H28N4O2. The van der Waals surface area contributed by atoms with Gasteiger partial charge in [0.1, 0.15) is 0 Å². The predicted octanol–water partition coefficient (Wildman–Crippen LogP) is 2.94. The highest BCUT2D eigenvalue weighted by atomic mass is 16.2. The molecule has 0 aliphatic heterocycles. The SMILES string of the molecule is Cc1cc(C)c(NC(=O)c2cncc(C(=O)NCCCN(C)C)c2)c(C)c1. The first kappa shape index (κ1) is 20.6. The number of aromatic nitrogens is 1. The first-order valence-corrected chi connectivity index (χ1v) is 9.05. The smallest absolute Gasteiger partial charge is 0.257 e. The summed E-state index contributed by atoms with van der Waals surface area (Å²) in [5, 5.41) is 5.79. The topological polar surface area (TPSA) is 74.3 Å². The fraction of sp³-hybridized carbons (Fsp3) is 0.381. The molecule has 0 unspecified atom stereocenters. The van der Waals surface area contributed by atoms with Crippen molar-refractivity contribution in [3.05, 3.63) is 58.4 Å². The van der Waals surface area contributed by atoms with Crippen LogP contribution in [0.2, 0.25) is 0 Å². The molecule has 2 N–H and O–H groups in total. The number of aryl methyl sites for hydroxylation is 3. The zero-order valence-electron chi connectivity index (χ0n) is 16.7. The lowest BCUT2D eigenvalue weighted by molar-refractivity contribution is 0.0952. The van der Waals surface area contributed by atoms with Gasteiger partial charge in [-0.3, -0.25) is 14.6 Å². The van der Waals surface area contributed by atoms with Gasteiger partial charge in [-0.1, -0.05) is 17.7 Å². The molecule has 2 rings (SSSR count). The summed E-state index contributed by atoms with van der Waals surface area (Å²) in [7, 11) is 3.98. The van der Waals surface area contributed by atoms with Gasteiger partial charge in [0.05, 0.1) is 11.1 Å². The molecular weight excluding hydrogens is 340 g/mol. The van der Waals surface area contributed by atoms with Crippen LogP contribution in [0.3, 0.4) is 0 Å². The molecule has 0 aliphatic carbocycles. The molecule has 0 spiro atoms. The Bertz CT molecular complexity index is 808. The van der Waals surface area contributed by atoms with E-state index in [1.165, 1.54) is 12.4 Å². The van der Waals surface area contributed by atoms with E-state index >= 15 is 0 Å². The molecule has 1 heterocycles. The summed E-state index contributed by atoms with van der Waals surface area (Å²) < 4.78 is 0. The summed E-state index contributed by atoms with van der Waals surface area (Å²) >= 11 is 0. The minimum absolute atomic E-state index is 0.224. The Balaban J connectivity index is 2.06. The number of benzene rings is 1. The first-order chi connectivity index (χ1) is 12.8. The Labute approximate surface area is 161 Å². The van der Waals surface area contributed by atoms with Crippen LogP contribution >= 0.6 is 0 Å². The van der Waals surface area contributed by atoms with E-state index in [9.17, 15) is 9.59 Å². The number of pyridine rings is 1. The number of nitrogens with zero attached hydrogens (tertiary/aromatic N) is 2. The molecule has 2 amide bonds. The van der Waals surface area contributed by atoms with Gasteiger partial charge in [0, 0.05) is 24.6 Å². The van der Waals surface area contributed by atoms with Crippen molar-refractivity contribution < 1.29 is 9.59 Å². The van der Waals surface area contributed by atoms with Crippen LogP contribution in [0.15, 0.2) is 30.6 Å². The van der Waals surface area contributed by atoms with E-state index < -0.39 is 0 Å². The highest BCUT2D eigenvalue weighted by Crippen LogP contribution is 2.22. The quantitative estimate of drug-likeness (QED) is 0.737. The normalized spacial score (nSPS) is 10.7. The van der Waals surface area contributed by atoms with E-state index in [1.807, 2.05) is 47.0 Å². The highest BCUT2D eigenvalue weighted by Gasteiger charge is 2.13. The molecule has 0 saturated heterocycles.